The number of para-hydroxylation sites is 1. The van der Waals surface area contributed by atoms with E-state index in [0.717, 1.165) is 11.6 Å². The Morgan fingerprint density at radius 3 is 2.54 bits per heavy atom. The van der Waals surface area contributed by atoms with Gasteiger partial charge in [-0.1, -0.05) is 18.2 Å². The maximum atomic E-state index is 12.1. The minimum atomic E-state index is -0.705. The number of non-ortho nitro benzene ring substituents is 1. The van der Waals surface area contributed by atoms with Gasteiger partial charge in [-0.3, -0.25) is 10.1 Å². The molecule has 0 aliphatic heterocycles. The second kappa shape index (κ2) is 7.96. The van der Waals surface area contributed by atoms with Crippen LogP contribution in [0.25, 0.3) is 0 Å². The third-order valence-electron chi connectivity index (χ3n) is 3.28. The molecule has 0 saturated heterocycles. The van der Waals surface area contributed by atoms with Crippen molar-refractivity contribution >= 4 is 11.7 Å². The summed E-state index contributed by atoms with van der Waals surface area (Å²) < 4.78 is 15.7. The predicted molar refractivity (Wildman–Crippen MR) is 86.6 cm³/mol. The Hall–Kier alpha value is -3.09. The minimum absolute atomic E-state index is 0.00240. The molecule has 0 amide bonds. The van der Waals surface area contributed by atoms with Crippen LogP contribution in [-0.4, -0.2) is 31.2 Å². The van der Waals surface area contributed by atoms with Gasteiger partial charge in [0.1, 0.15) is 30.3 Å². The third kappa shape index (κ3) is 4.22. The number of methoxy groups -OCH3 is 1. The molecular weight excluding hydrogens is 314 g/mol. The molecule has 0 fully saturated rings. The number of carbonyl (C=O) groups is 1. The summed E-state index contributed by atoms with van der Waals surface area (Å²) >= 11 is 0. The van der Waals surface area contributed by atoms with E-state index in [2.05, 4.69) is 0 Å². The van der Waals surface area contributed by atoms with Crippen LogP contribution in [0.3, 0.4) is 0 Å². The Kier molecular flexibility index (Phi) is 5.73. The van der Waals surface area contributed by atoms with Crippen LogP contribution >= 0.6 is 0 Å². The van der Waals surface area contributed by atoms with E-state index in [4.69, 9.17) is 14.2 Å². The Morgan fingerprint density at radius 2 is 1.88 bits per heavy atom. The molecule has 0 heterocycles. The lowest BCUT2D eigenvalue weighted by molar-refractivity contribution is -0.384. The predicted octanol–water partition coefficient (Wildman–Crippen LogP) is 3.15. The van der Waals surface area contributed by atoms with E-state index in [9.17, 15) is 14.9 Å². The van der Waals surface area contributed by atoms with Gasteiger partial charge in [0.2, 0.25) is 0 Å². The first-order valence-corrected chi connectivity index (χ1v) is 7.21. The topological polar surface area (TPSA) is 87.9 Å². The van der Waals surface area contributed by atoms with Crippen molar-refractivity contribution in [3.63, 3.8) is 0 Å². The van der Waals surface area contributed by atoms with Crippen molar-refractivity contribution in [2.75, 3.05) is 20.3 Å². The molecule has 0 aliphatic carbocycles. The molecule has 0 atom stereocenters. The van der Waals surface area contributed by atoms with E-state index in [1.165, 1.54) is 19.2 Å². The number of aryl methyl sites for hydroxylation is 1. The van der Waals surface area contributed by atoms with Gasteiger partial charge in [0.15, 0.2) is 0 Å². The van der Waals surface area contributed by atoms with Gasteiger partial charge in [-0.15, -0.1) is 0 Å². The molecule has 7 nitrogen and oxygen atoms in total. The zero-order valence-electron chi connectivity index (χ0n) is 13.4. The van der Waals surface area contributed by atoms with Gasteiger partial charge in [-0.05, 0) is 24.6 Å². The van der Waals surface area contributed by atoms with E-state index in [1.807, 2.05) is 31.2 Å². The van der Waals surface area contributed by atoms with Crippen molar-refractivity contribution in [2.45, 2.75) is 6.92 Å². The Bertz CT molecular complexity index is 744. The van der Waals surface area contributed by atoms with Crippen molar-refractivity contribution in [1.29, 1.82) is 0 Å². The lowest BCUT2D eigenvalue weighted by Gasteiger charge is -2.10. The number of carbonyl (C=O) groups excluding carboxylic acids is 1. The molecule has 0 saturated carbocycles. The number of rotatable bonds is 7. The lowest BCUT2D eigenvalue weighted by Crippen LogP contribution is -2.13. The summed E-state index contributed by atoms with van der Waals surface area (Å²) in [5.74, 6) is 0.218. The lowest BCUT2D eigenvalue weighted by atomic mass is 10.2. The van der Waals surface area contributed by atoms with Crippen LogP contribution in [0, 0.1) is 17.0 Å². The number of benzene rings is 2. The fraction of sp³-hybridized carbons (Fsp3) is 0.235. The highest BCUT2D eigenvalue weighted by Gasteiger charge is 2.18. The third-order valence-corrected chi connectivity index (χ3v) is 3.28. The van der Waals surface area contributed by atoms with Crippen LogP contribution in [0.15, 0.2) is 42.5 Å². The Labute approximate surface area is 138 Å². The van der Waals surface area contributed by atoms with Crippen molar-refractivity contribution in [2.24, 2.45) is 0 Å². The summed E-state index contributed by atoms with van der Waals surface area (Å²) in [6.07, 6.45) is 0. The highest BCUT2D eigenvalue weighted by Crippen LogP contribution is 2.24. The van der Waals surface area contributed by atoms with Gasteiger partial charge in [-0.25, -0.2) is 4.79 Å². The second-order valence-corrected chi connectivity index (χ2v) is 4.89. The molecule has 0 bridgehead atoms. The van der Waals surface area contributed by atoms with E-state index >= 15 is 0 Å². The van der Waals surface area contributed by atoms with Gasteiger partial charge in [-0.2, -0.15) is 0 Å². The molecule has 0 N–H and O–H groups in total. The zero-order chi connectivity index (χ0) is 17.5. The monoisotopic (exact) mass is 331 g/mol. The number of esters is 1. The number of ether oxygens (including phenoxy) is 3. The van der Waals surface area contributed by atoms with Crippen molar-refractivity contribution in [1.82, 2.24) is 0 Å². The van der Waals surface area contributed by atoms with E-state index < -0.39 is 10.9 Å². The fourth-order valence-electron chi connectivity index (χ4n) is 2.05. The van der Waals surface area contributed by atoms with Crippen LogP contribution < -0.4 is 9.47 Å². The average Bonchev–Trinajstić information content (AvgIpc) is 2.59. The highest BCUT2D eigenvalue weighted by molar-refractivity contribution is 5.93. The standard InChI is InChI=1S/C17H17NO6/c1-12-5-3-4-6-15(12)23-9-10-24-17(19)14-11-13(18(20)21)7-8-16(14)22-2/h3-8,11H,9-10H2,1-2H3. The molecule has 2 rings (SSSR count). The summed E-state index contributed by atoms with van der Waals surface area (Å²) in [5, 5.41) is 10.8. The number of hydrogen-bond donors (Lipinski definition) is 0. The summed E-state index contributed by atoms with van der Waals surface area (Å²) in [4.78, 5) is 22.3. The van der Waals surface area contributed by atoms with Gasteiger partial charge in [0.05, 0.1) is 12.0 Å². The molecule has 126 valence electrons. The molecular formula is C17H17NO6. The molecule has 0 aromatic heterocycles. The van der Waals surface area contributed by atoms with E-state index in [-0.39, 0.29) is 30.2 Å². The van der Waals surface area contributed by atoms with Gasteiger partial charge in [0.25, 0.3) is 5.69 Å². The minimum Gasteiger partial charge on any atom is -0.496 e. The van der Waals surface area contributed by atoms with Crippen molar-refractivity contribution < 1.29 is 23.9 Å². The van der Waals surface area contributed by atoms with Crippen LogP contribution in [-0.2, 0) is 4.74 Å². The fourth-order valence-corrected chi connectivity index (χ4v) is 2.05. The molecule has 0 spiro atoms. The smallest absolute Gasteiger partial charge is 0.342 e. The van der Waals surface area contributed by atoms with E-state index in [1.54, 1.807) is 0 Å². The maximum Gasteiger partial charge on any atom is 0.342 e. The summed E-state index contributed by atoms with van der Waals surface area (Å²) in [7, 11) is 1.37. The van der Waals surface area contributed by atoms with Crippen LogP contribution in [0.5, 0.6) is 11.5 Å². The first-order chi connectivity index (χ1) is 11.5. The zero-order valence-corrected chi connectivity index (χ0v) is 13.4. The van der Waals surface area contributed by atoms with Gasteiger partial charge < -0.3 is 14.2 Å². The SMILES string of the molecule is COc1ccc([N+](=O)[O-])cc1C(=O)OCCOc1ccccc1C. The highest BCUT2D eigenvalue weighted by atomic mass is 16.6. The first kappa shape index (κ1) is 17.3. The molecule has 7 heteroatoms. The summed E-state index contributed by atoms with van der Waals surface area (Å²) in [6.45, 7) is 2.10. The second-order valence-electron chi connectivity index (χ2n) is 4.89. The molecule has 2 aromatic rings. The quantitative estimate of drug-likeness (QED) is 0.335. The molecule has 0 unspecified atom stereocenters. The number of nitro benzene ring substituents is 1. The maximum absolute atomic E-state index is 12.1. The van der Waals surface area contributed by atoms with Crippen molar-refractivity contribution in [3.05, 3.63) is 63.7 Å². The summed E-state index contributed by atoms with van der Waals surface area (Å²) in [6, 6.07) is 11.2. The first-order valence-electron chi connectivity index (χ1n) is 7.21. The molecule has 2 aromatic carbocycles. The average molecular weight is 331 g/mol. The molecule has 24 heavy (non-hydrogen) atoms. The van der Waals surface area contributed by atoms with Gasteiger partial charge >= 0.3 is 5.97 Å². The van der Waals surface area contributed by atoms with Crippen molar-refractivity contribution in [3.8, 4) is 11.5 Å². The van der Waals surface area contributed by atoms with Crippen LogP contribution in [0.2, 0.25) is 0 Å². The van der Waals surface area contributed by atoms with Crippen LogP contribution in [0.4, 0.5) is 5.69 Å². The Balaban J connectivity index is 1.96. The van der Waals surface area contributed by atoms with Gasteiger partial charge in [0, 0.05) is 12.1 Å². The summed E-state index contributed by atoms with van der Waals surface area (Å²) in [5.41, 5.74) is 0.769. The Morgan fingerprint density at radius 1 is 1.12 bits per heavy atom. The molecule has 0 radical (unpaired) electrons. The van der Waals surface area contributed by atoms with Crippen LogP contribution in [0.1, 0.15) is 15.9 Å². The normalized spacial score (nSPS) is 10.1. The largest absolute Gasteiger partial charge is 0.496 e. The number of nitro groups is 1. The number of hydrogen-bond acceptors (Lipinski definition) is 6. The van der Waals surface area contributed by atoms with E-state index in [0.29, 0.717) is 5.75 Å². The number of nitrogens with zero attached hydrogens (tertiary/aromatic N) is 1. The molecule has 0 aliphatic rings.